The van der Waals surface area contributed by atoms with Crippen LogP contribution in [0.5, 0.6) is 0 Å². The lowest BCUT2D eigenvalue weighted by Crippen LogP contribution is -2.46. The van der Waals surface area contributed by atoms with Gasteiger partial charge in [0.05, 0.1) is 11.9 Å². The first-order valence-electron chi connectivity index (χ1n) is 5.39. The molecule has 2 unspecified atom stereocenters. The molecule has 1 fully saturated rings. The summed E-state index contributed by atoms with van der Waals surface area (Å²) in [6.45, 7) is 2.68. The highest BCUT2D eigenvalue weighted by Crippen LogP contribution is 2.34. The van der Waals surface area contributed by atoms with E-state index in [9.17, 15) is 13.5 Å². The maximum atomic E-state index is 11.5. The van der Waals surface area contributed by atoms with Crippen molar-refractivity contribution in [3.05, 3.63) is 0 Å². The van der Waals surface area contributed by atoms with Crippen LogP contribution in [0.4, 0.5) is 0 Å². The van der Waals surface area contributed by atoms with E-state index in [0.717, 1.165) is 12.8 Å². The average molecular weight is 236 g/mol. The maximum Gasteiger partial charge on any atom is 0.153 e. The van der Waals surface area contributed by atoms with E-state index in [2.05, 4.69) is 0 Å². The fourth-order valence-corrected chi connectivity index (χ4v) is 3.77. The second-order valence-electron chi connectivity index (χ2n) is 4.37. The third kappa shape index (κ3) is 3.16. The van der Waals surface area contributed by atoms with Crippen LogP contribution in [0.2, 0.25) is 0 Å². The molecule has 1 aliphatic rings. The second kappa shape index (κ2) is 4.80. The summed E-state index contributed by atoms with van der Waals surface area (Å²) in [5.74, 6) is 0. The van der Waals surface area contributed by atoms with Gasteiger partial charge in [0.2, 0.25) is 0 Å². The van der Waals surface area contributed by atoms with Crippen LogP contribution >= 0.6 is 0 Å². The minimum absolute atomic E-state index is 0.137. The molecule has 1 N–H and O–H groups in total. The first kappa shape index (κ1) is 12.9. The summed E-state index contributed by atoms with van der Waals surface area (Å²) in [4.78, 5) is 0. The Kier molecular flexibility index (Phi) is 4.14. The summed E-state index contributed by atoms with van der Waals surface area (Å²) >= 11 is 0. The SMILES string of the molecule is CCCOCC1(O)CCCC1S(C)(=O)=O. The van der Waals surface area contributed by atoms with E-state index in [1.54, 1.807) is 0 Å². The summed E-state index contributed by atoms with van der Waals surface area (Å²) < 4.78 is 28.2. The van der Waals surface area contributed by atoms with Gasteiger partial charge in [-0.05, 0) is 25.7 Å². The second-order valence-corrected chi connectivity index (χ2v) is 6.59. The van der Waals surface area contributed by atoms with E-state index in [0.29, 0.717) is 19.4 Å². The van der Waals surface area contributed by atoms with Gasteiger partial charge >= 0.3 is 0 Å². The Morgan fingerprint density at radius 1 is 1.53 bits per heavy atom. The third-order valence-corrected chi connectivity index (χ3v) is 4.60. The lowest BCUT2D eigenvalue weighted by atomic mass is 10.0. The molecule has 1 rings (SSSR count). The first-order valence-corrected chi connectivity index (χ1v) is 7.34. The monoisotopic (exact) mass is 236 g/mol. The van der Waals surface area contributed by atoms with Crippen molar-refractivity contribution < 1.29 is 18.3 Å². The van der Waals surface area contributed by atoms with E-state index in [1.807, 2.05) is 6.92 Å². The van der Waals surface area contributed by atoms with Gasteiger partial charge in [-0.2, -0.15) is 0 Å². The number of hydrogen-bond acceptors (Lipinski definition) is 4. The molecule has 5 heteroatoms. The van der Waals surface area contributed by atoms with Gasteiger partial charge in [0.1, 0.15) is 5.60 Å². The Morgan fingerprint density at radius 2 is 2.20 bits per heavy atom. The largest absolute Gasteiger partial charge is 0.386 e. The molecule has 0 aliphatic heterocycles. The lowest BCUT2D eigenvalue weighted by molar-refractivity contribution is -0.0387. The van der Waals surface area contributed by atoms with Crippen molar-refractivity contribution >= 4 is 9.84 Å². The van der Waals surface area contributed by atoms with Crippen molar-refractivity contribution in [3.63, 3.8) is 0 Å². The molecule has 0 amide bonds. The van der Waals surface area contributed by atoms with Gasteiger partial charge in [-0.1, -0.05) is 6.92 Å². The molecule has 1 saturated carbocycles. The number of sulfone groups is 1. The van der Waals surface area contributed by atoms with Crippen molar-refractivity contribution in [1.29, 1.82) is 0 Å². The van der Waals surface area contributed by atoms with Crippen molar-refractivity contribution in [2.75, 3.05) is 19.5 Å². The van der Waals surface area contributed by atoms with E-state index in [-0.39, 0.29) is 6.61 Å². The predicted octanol–water partition coefficient (Wildman–Crippen LogP) is 0.741. The number of rotatable bonds is 5. The van der Waals surface area contributed by atoms with Gasteiger partial charge in [0.25, 0.3) is 0 Å². The number of ether oxygens (including phenoxy) is 1. The lowest BCUT2D eigenvalue weighted by Gasteiger charge is -2.28. The van der Waals surface area contributed by atoms with Gasteiger partial charge in [-0.15, -0.1) is 0 Å². The average Bonchev–Trinajstić information content (AvgIpc) is 2.47. The highest BCUT2D eigenvalue weighted by atomic mass is 32.2. The Hall–Kier alpha value is -0.130. The van der Waals surface area contributed by atoms with Gasteiger partial charge in [-0.25, -0.2) is 8.42 Å². The summed E-state index contributed by atoms with van der Waals surface area (Å²) in [6, 6.07) is 0. The molecular weight excluding hydrogens is 216 g/mol. The van der Waals surface area contributed by atoms with Crippen LogP contribution in [0.15, 0.2) is 0 Å². The van der Waals surface area contributed by atoms with Crippen LogP contribution in [-0.2, 0) is 14.6 Å². The molecule has 4 nitrogen and oxygen atoms in total. The molecule has 0 saturated heterocycles. The van der Waals surface area contributed by atoms with E-state index >= 15 is 0 Å². The van der Waals surface area contributed by atoms with Gasteiger partial charge in [-0.3, -0.25) is 0 Å². The molecule has 1 aliphatic carbocycles. The number of hydrogen-bond donors (Lipinski definition) is 1. The molecule has 0 aromatic heterocycles. The Labute approximate surface area is 91.6 Å². The minimum Gasteiger partial charge on any atom is -0.386 e. The smallest absolute Gasteiger partial charge is 0.153 e. The first-order chi connectivity index (χ1) is 6.90. The topological polar surface area (TPSA) is 63.6 Å². The Morgan fingerprint density at radius 3 is 2.73 bits per heavy atom. The maximum absolute atomic E-state index is 11.5. The van der Waals surface area contributed by atoms with Gasteiger partial charge < -0.3 is 9.84 Å². The van der Waals surface area contributed by atoms with Crippen molar-refractivity contribution in [2.24, 2.45) is 0 Å². The van der Waals surface area contributed by atoms with Crippen LogP contribution in [0.3, 0.4) is 0 Å². The zero-order valence-electron chi connectivity index (χ0n) is 9.40. The summed E-state index contributed by atoms with van der Waals surface area (Å²) in [7, 11) is -3.18. The van der Waals surface area contributed by atoms with Crippen molar-refractivity contribution in [3.8, 4) is 0 Å². The molecule has 2 atom stereocenters. The number of aliphatic hydroxyl groups is 1. The zero-order valence-corrected chi connectivity index (χ0v) is 10.2. The molecule has 0 spiro atoms. The fraction of sp³-hybridized carbons (Fsp3) is 1.00. The van der Waals surface area contributed by atoms with E-state index < -0.39 is 20.7 Å². The zero-order chi connectivity index (χ0) is 11.5. The van der Waals surface area contributed by atoms with Crippen LogP contribution in [0.1, 0.15) is 32.6 Å². The van der Waals surface area contributed by atoms with Crippen LogP contribution in [-0.4, -0.2) is 43.8 Å². The summed E-state index contributed by atoms with van der Waals surface area (Å²) in [5.41, 5.74) is -1.16. The van der Waals surface area contributed by atoms with Gasteiger partial charge in [0, 0.05) is 12.9 Å². The normalized spacial score (nSPS) is 32.1. The van der Waals surface area contributed by atoms with Crippen LogP contribution in [0, 0.1) is 0 Å². The molecule has 0 aromatic rings. The molecule has 0 radical (unpaired) electrons. The highest BCUT2D eigenvalue weighted by molar-refractivity contribution is 7.91. The van der Waals surface area contributed by atoms with Crippen LogP contribution < -0.4 is 0 Å². The van der Waals surface area contributed by atoms with Crippen molar-refractivity contribution in [1.82, 2.24) is 0 Å². The highest BCUT2D eigenvalue weighted by Gasteiger charge is 2.46. The van der Waals surface area contributed by atoms with Crippen LogP contribution in [0.25, 0.3) is 0 Å². The molecule has 0 heterocycles. The van der Waals surface area contributed by atoms with Crippen molar-refractivity contribution in [2.45, 2.75) is 43.5 Å². The molecule has 0 aromatic carbocycles. The molecule has 15 heavy (non-hydrogen) atoms. The third-order valence-electron chi connectivity index (χ3n) is 2.89. The minimum atomic E-state index is -3.18. The Balaban J connectivity index is 2.65. The standard InChI is InChI=1S/C10H20O4S/c1-3-7-14-8-10(11)6-4-5-9(10)15(2,12)13/h9,11H,3-8H2,1-2H3. The molecule has 90 valence electrons. The quantitative estimate of drug-likeness (QED) is 0.715. The van der Waals surface area contributed by atoms with E-state index in [4.69, 9.17) is 4.74 Å². The van der Waals surface area contributed by atoms with E-state index in [1.165, 1.54) is 6.26 Å². The Bertz CT molecular complexity index is 299. The summed E-state index contributed by atoms with van der Waals surface area (Å²) in [5, 5.41) is 9.56. The molecule has 0 bridgehead atoms. The van der Waals surface area contributed by atoms with Gasteiger partial charge in [0.15, 0.2) is 9.84 Å². The predicted molar refractivity (Wildman–Crippen MR) is 58.5 cm³/mol. The summed E-state index contributed by atoms with van der Waals surface area (Å²) in [6.07, 6.45) is 3.89. The molecular formula is C10H20O4S. The fourth-order valence-electron chi connectivity index (χ4n) is 2.19.